The molecule has 1 aromatic carbocycles. The number of halogens is 1. The van der Waals surface area contributed by atoms with E-state index in [1.54, 1.807) is 6.92 Å². The fourth-order valence-electron chi connectivity index (χ4n) is 3.06. The maximum Gasteiger partial charge on any atom is 0.236 e. The quantitative estimate of drug-likeness (QED) is 0.877. The molecule has 3 nitrogen and oxygen atoms in total. The second-order valence-corrected chi connectivity index (χ2v) is 6.57. The molecule has 1 unspecified atom stereocenters. The summed E-state index contributed by atoms with van der Waals surface area (Å²) in [5, 5.41) is 3.90. The largest absolute Gasteiger partial charge is 0.351 e. The third-order valence-corrected chi connectivity index (χ3v) is 4.58. The number of nitrogens with two attached hydrogens (primary N) is 1. The van der Waals surface area contributed by atoms with Crippen LogP contribution in [0.4, 0.5) is 0 Å². The molecule has 1 amide bonds. The molecule has 1 aromatic rings. The maximum absolute atomic E-state index is 12.0. The third-order valence-electron chi connectivity index (χ3n) is 4.33. The second-order valence-electron chi connectivity index (χ2n) is 6.13. The van der Waals surface area contributed by atoms with Crippen LogP contribution in [-0.4, -0.2) is 18.0 Å². The smallest absolute Gasteiger partial charge is 0.236 e. The average molecular weight is 309 g/mol. The summed E-state index contributed by atoms with van der Waals surface area (Å²) in [6, 6.07) is 7.60. The molecular formula is C17H25ClN2O. The molecule has 0 saturated heterocycles. The van der Waals surface area contributed by atoms with Crippen LogP contribution < -0.4 is 11.1 Å². The predicted octanol–water partition coefficient (Wildman–Crippen LogP) is 3.29. The summed E-state index contributed by atoms with van der Waals surface area (Å²) in [7, 11) is 0. The van der Waals surface area contributed by atoms with Gasteiger partial charge in [-0.05, 0) is 49.8 Å². The van der Waals surface area contributed by atoms with Crippen LogP contribution in [0.5, 0.6) is 0 Å². The number of amides is 1. The van der Waals surface area contributed by atoms with Crippen molar-refractivity contribution in [2.75, 3.05) is 0 Å². The van der Waals surface area contributed by atoms with E-state index in [1.807, 2.05) is 24.3 Å². The normalized spacial score (nSPS) is 19.0. The van der Waals surface area contributed by atoms with Gasteiger partial charge in [0.1, 0.15) is 0 Å². The van der Waals surface area contributed by atoms with Crippen molar-refractivity contribution in [3.05, 3.63) is 34.9 Å². The molecule has 1 aliphatic rings. The molecule has 1 fully saturated rings. The van der Waals surface area contributed by atoms with Gasteiger partial charge in [-0.3, -0.25) is 4.79 Å². The van der Waals surface area contributed by atoms with E-state index in [9.17, 15) is 4.79 Å². The Morgan fingerprint density at radius 2 is 1.90 bits per heavy atom. The lowest BCUT2D eigenvalue weighted by atomic mass is 9.81. The van der Waals surface area contributed by atoms with Crippen LogP contribution >= 0.6 is 11.6 Å². The Morgan fingerprint density at radius 1 is 1.29 bits per heavy atom. The molecule has 1 saturated carbocycles. The minimum absolute atomic E-state index is 0.0560. The van der Waals surface area contributed by atoms with E-state index in [4.69, 9.17) is 17.3 Å². The highest BCUT2D eigenvalue weighted by Crippen LogP contribution is 2.28. The molecule has 2 atom stereocenters. The molecule has 2 rings (SSSR count). The molecule has 4 heteroatoms. The van der Waals surface area contributed by atoms with Gasteiger partial charge in [0.2, 0.25) is 5.91 Å². The minimum Gasteiger partial charge on any atom is -0.351 e. The van der Waals surface area contributed by atoms with E-state index < -0.39 is 6.04 Å². The Hall–Kier alpha value is -1.06. The van der Waals surface area contributed by atoms with Crippen molar-refractivity contribution in [3.63, 3.8) is 0 Å². The average Bonchev–Trinajstić information content (AvgIpc) is 2.49. The summed E-state index contributed by atoms with van der Waals surface area (Å²) >= 11 is 5.94. The molecule has 21 heavy (non-hydrogen) atoms. The van der Waals surface area contributed by atoms with Crippen LogP contribution in [0.3, 0.4) is 0 Å². The number of rotatable bonds is 5. The van der Waals surface area contributed by atoms with Gasteiger partial charge in [-0.1, -0.05) is 43.0 Å². The number of benzene rings is 1. The third kappa shape index (κ3) is 5.01. The zero-order valence-electron chi connectivity index (χ0n) is 12.6. The first-order chi connectivity index (χ1) is 10.1. The van der Waals surface area contributed by atoms with Gasteiger partial charge in [0, 0.05) is 11.1 Å². The number of hydrogen-bond acceptors (Lipinski definition) is 2. The van der Waals surface area contributed by atoms with E-state index >= 15 is 0 Å². The minimum atomic E-state index is -0.457. The summed E-state index contributed by atoms with van der Waals surface area (Å²) in [4.78, 5) is 12.0. The van der Waals surface area contributed by atoms with Crippen molar-refractivity contribution in [1.29, 1.82) is 0 Å². The Morgan fingerprint density at radius 3 is 2.48 bits per heavy atom. The summed E-state index contributed by atoms with van der Waals surface area (Å²) in [5.74, 6) is 0.497. The number of hydrogen-bond donors (Lipinski definition) is 2. The molecule has 0 aliphatic heterocycles. The predicted molar refractivity (Wildman–Crippen MR) is 87.3 cm³/mol. The molecule has 116 valence electrons. The van der Waals surface area contributed by atoms with E-state index in [-0.39, 0.29) is 11.9 Å². The number of nitrogens with one attached hydrogen (secondary N) is 1. The second kappa shape index (κ2) is 7.81. The number of carbonyl (C=O) groups excluding carboxylic acids is 1. The first-order valence-electron chi connectivity index (χ1n) is 7.86. The fourth-order valence-corrected chi connectivity index (χ4v) is 3.19. The lowest BCUT2D eigenvalue weighted by Crippen LogP contribution is -2.48. The molecule has 0 radical (unpaired) electrons. The molecule has 0 spiro atoms. The van der Waals surface area contributed by atoms with Gasteiger partial charge in [-0.25, -0.2) is 0 Å². The Labute approximate surface area is 132 Å². The van der Waals surface area contributed by atoms with E-state index in [1.165, 1.54) is 37.7 Å². The van der Waals surface area contributed by atoms with Crippen molar-refractivity contribution < 1.29 is 4.79 Å². The summed E-state index contributed by atoms with van der Waals surface area (Å²) in [6.45, 7) is 1.73. The van der Waals surface area contributed by atoms with Crippen molar-refractivity contribution in [2.24, 2.45) is 11.7 Å². The van der Waals surface area contributed by atoms with Crippen molar-refractivity contribution in [2.45, 2.75) is 57.5 Å². The standard InChI is InChI=1S/C17H25ClN2O/c1-12(19)17(21)20-16(14-5-3-2-4-6-14)11-13-7-9-15(18)10-8-13/h7-10,12,14,16H,2-6,11,19H2,1H3,(H,20,21)/t12-,16?/m0/s1. The summed E-state index contributed by atoms with van der Waals surface area (Å²) in [6.07, 6.45) is 7.06. The highest BCUT2D eigenvalue weighted by atomic mass is 35.5. The van der Waals surface area contributed by atoms with Crippen LogP contribution in [0.1, 0.15) is 44.6 Å². The van der Waals surface area contributed by atoms with E-state index in [2.05, 4.69) is 5.32 Å². The van der Waals surface area contributed by atoms with Crippen LogP contribution in [0.2, 0.25) is 5.02 Å². The lowest BCUT2D eigenvalue weighted by molar-refractivity contribution is -0.123. The van der Waals surface area contributed by atoms with Crippen LogP contribution in [0, 0.1) is 5.92 Å². The highest BCUT2D eigenvalue weighted by Gasteiger charge is 2.26. The number of carbonyl (C=O) groups is 1. The zero-order chi connectivity index (χ0) is 15.2. The van der Waals surface area contributed by atoms with Crippen LogP contribution in [-0.2, 0) is 11.2 Å². The van der Waals surface area contributed by atoms with Gasteiger partial charge >= 0.3 is 0 Å². The van der Waals surface area contributed by atoms with Crippen molar-refractivity contribution in [1.82, 2.24) is 5.32 Å². The maximum atomic E-state index is 12.0. The topological polar surface area (TPSA) is 55.1 Å². The van der Waals surface area contributed by atoms with Gasteiger partial charge in [0.25, 0.3) is 0 Å². The lowest BCUT2D eigenvalue weighted by Gasteiger charge is -2.31. The van der Waals surface area contributed by atoms with E-state index in [0.29, 0.717) is 5.92 Å². The molecule has 0 bridgehead atoms. The Bertz CT molecular complexity index is 452. The van der Waals surface area contributed by atoms with Gasteiger partial charge in [-0.2, -0.15) is 0 Å². The van der Waals surface area contributed by atoms with E-state index in [0.717, 1.165) is 11.4 Å². The molecule has 3 N–H and O–H groups in total. The first kappa shape index (κ1) is 16.3. The zero-order valence-corrected chi connectivity index (χ0v) is 13.4. The highest BCUT2D eigenvalue weighted by molar-refractivity contribution is 6.30. The van der Waals surface area contributed by atoms with Crippen LogP contribution in [0.15, 0.2) is 24.3 Å². The van der Waals surface area contributed by atoms with Gasteiger partial charge in [0.05, 0.1) is 6.04 Å². The SMILES string of the molecule is C[C@H](N)C(=O)NC(Cc1ccc(Cl)cc1)C1CCCCC1. The monoisotopic (exact) mass is 308 g/mol. The molecular weight excluding hydrogens is 284 g/mol. The van der Waals surface area contributed by atoms with Gasteiger partial charge in [0.15, 0.2) is 0 Å². The van der Waals surface area contributed by atoms with Crippen molar-refractivity contribution in [3.8, 4) is 0 Å². The van der Waals surface area contributed by atoms with Crippen molar-refractivity contribution >= 4 is 17.5 Å². The van der Waals surface area contributed by atoms with Gasteiger partial charge < -0.3 is 11.1 Å². The van der Waals surface area contributed by atoms with Gasteiger partial charge in [-0.15, -0.1) is 0 Å². The Balaban J connectivity index is 2.06. The summed E-state index contributed by atoms with van der Waals surface area (Å²) < 4.78 is 0. The molecule has 0 aromatic heterocycles. The summed E-state index contributed by atoms with van der Waals surface area (Å²) in [5.41, 5.74) is 6.91. The molecule has 0 heterocycles. The molecule has 1 aliphatic carbocycles. The first-order valence-corrected chi connectivity index (χ1v) is 8.24. The fraction of sp³-hybridized carbons (Fsp3) is 0.588. The van der Waals surface area contributed by atoms with Crippen LogP contribution in [0.25, 0.3) is 0 Å². The Kier molecular flexibility index (Phi) is 6.07.